The maximum Gasteiger partial charge on any atom is 0.234 e. The van der Waals surface area contributed by atoms with Crippen molar-refractivity contribution in [1.82, 2.24) is 9.55 Å². The van der Waals surface area contributed by atoms with E-state index >= 15 is 0 Å². The number of amides is 1. The fourth-order valence-corrected chi connectivity index (χ4v) is 3.41. The van der Waals surface area contributed by atoms with Crippen molar-refractivity contribution in [1.29, 1.82) is 0 Å². The predicted molar refractivity (Wildman–Crippen MR) is 109 cm³/mol. The molecule has 0 spiro atoms. The molecule has 0 bridgehead atoms. The van der Waals surface area contributed by atoms with E-state index in [1.165, 1.54) is 17.3 Å². The minimum absolute atomic E-state index is 0.0840. The second kappa shape index (κ2) is 8.88. The summed E-state index contributed by atoms with van der Waals surface area (Å²) in [6.45, 7) is 4.59. The van der Waals surface area contributed by atoms with Crippen molar-refractivity contribution in [3.05, 3.63) is 77.1 Å². The summed E-state index contributed by atoms with van der Waals surface area (Å²) in [6, 6.07) is 16.0. The number of thioether (sulfide) groups is 1. The minimum atomic E-state index is -0.121. The summed E-state index contributed by atoms with van der Waals surface area (Å²) in [5.41, 5.74) is 4.89. The molecular weight excluding hydrogens is 358 g/mol. The molecule has 27 heavy (non-hydrogen) atoms. The average Bonchev–Trinajstić information content (AvgIpc) is 3.06. The fourth-order valence-electron chi connectivity index (χ4n) is 2.61. The highest BCUT2D eigenvalue weighted by Crippen LogP contribution is 2.20. The van der Waals surface area contributed by atoms with Crippen LogP contribution in [-0.4, -0.2) is 26.3 Å². The van der Waals surface area contributed by atoms with Gasteiger partial charge in [-0.25, -0.2) is 4.98 Å². The molecular formula is C21H23N3O2S. The maximum absolute atomic E-state index is 12.2. The molecule has 3 rings (SSSR count). The Morgan fingerprint density at radius 3 is 2.33 bits per heavy atom. The smallest absolute Gasteiger partial charge is 0.234 e. The molecule has 2 N–H and O–H groups in total. The van der Waals surface area contributed by atoms with E-state index in [2.05, 4.69) is 41.5 Å². The Balaban J connectivity index is 1.64. The van der Waals surface area contributed by atoms with Crippen LogP contribution in [0, 0.1) is 13.8 Å². The van der Waals surface area contributed by atoms with Crippen molar-refractivity contribution in [2.75, 3.05) is 11.1 Å². The Morgan fingerprint density at radius 2 is 1.70 bits per heavy atom. The Labute approximate surface area is 163 Å². The van der Waals surface area contributed by atoms with Crippen molar-refractivity contribution >= 4 is 23.4 Å². The van der Waals surface area contributed by atoms with Gasteiger partial charge in [0, 0.05) is 18.4 Å². The summed E-state index contributed by atoms with van der Waals surface area (Å²) in [4.78, 5) is 16.7. The molecule has 1 aromatic heterocycles. The number of carbonyl (C=O) groups is 1. The van der Waals surface area contributed by atoms with Crippen LogP contribution in [0.3, 0.4) is 0 Å². The second-order valence-electron chi connectivity index (χ2n) is 6.49. The van der Waals surface area contributed by atoms with Gasteiger partial charge in [-0.1, -0.05) is 59.3 Å². The molecule has 2 aromatic carbocycles. The van der Waals surface area contributed by atoms with E-state index in [1.54, 1.807) is 0 Å². The topological polar surface area (TPSA) is 67.1 Å². The lowest BCUT2D eigenvalue weighted by molar-refractivity contribution is -0.113. The normalized spacial score (nSPS) is 10.8. The van der Waals surface area contributed by atoms with Crippen LogP contribution in [0.4, 0.5) is 5.69 Å². The molecule has 3 aromatic rings. The van der Waals surface area contributed by atoms with Gasteiger partial charge >= 0.3 is 0 Å². The summed E-state index contributed by atoms with van der Waals surface area (Å²) in [5.74, 6) is 0.170. The minimum Gasteiger partial charge on any atom is -0.390 e. The first-order valence-corrected chi connectivity index (χ1v) is 9.74. The quantitative estimate of drug-likeness (QED) is 0.612. The van der Waals surface area contributed by atoms with Crippen LogP contribution in [0.25, 0.3) is 0 Å². The Morgan fingerprint density at radius 1 is 1.07 bits per heavy atom. The third-order valence-electron chi connectivity index (χ3n) is 4.09. The zero-order chi connectivity index (χ0) is 19.2. The molecule has 0 saturated heterocycles. The molecule has 0 fully saturated rings. The van der Waals surface area contributed by atoms with Crippen molar-refractivity contribution in [3.63, 3.8) is 0 Å². The molecule has 0 saturated carbocycles. The standard InChI is InChI=1S/C21H23N3O2S/c1-15-3-7-17(8-4-15)11-24-12-19(13-25)23-21(24)27-14-20(26)22-18-9-5-16(2)6-10-18/h3-10,12,25H,11,13-14H2,1-2H3,(H,22,26). The van der Waals surface area contributed by atoms with Crippen LogP contribution < -0.4 is 5.32 Å². The van der Waals surface area contributed by atoms with Gasteiger partial charge in [-0.2, -0.15) is 0 Å². The monoisotopic (exact) mass is 381 g/mol. The number of aryl methyl sites for hydroxylation is 2. The summed E-state index contributed by atoms with van der Waals surface area (Å²) < 4.78 is 1.97. The van der Waals surface area contributed by atoms with Crippen LogP contribution in [-0.2, 0) is 17.9 Å². The number of benzene rings is 2. The van der Waals surface area contributed by atoms with Gasteiger partial charge in [0.05, 0.1) is 18.1 Å². The number of anilines is 1. The Bertz CT molecular complexity index is 902. The molecule has 1 amide bonds. The summed E-state index contributed by atoms with van der Waals surface area (Å²) >= 11 is 1.36. The van der Waals surface area contributed by atoms with E-state index in [-0.39, 0.29) is 18.3 Å². The molecule has 0 aliphatic rings. The number of nitrogens with zero attached hydrogens (tertiary/aromatic N) is 2. The van der Waals surface area contributed by atoms with Crippen molar-refractivity contribution in [2.24, 2.45) is 0 Å². The van der Waals surface area contributed by atoms with E-state index < -0.39 is 0 Å². The lowest BCUT2D eigenvalue weighted by Gasteiger charge is -2.08. The van der Waals surface area contributed by atoms with E-state index in [9.17, 15) is 9.90 Å². The van der Waals surface area contributed by atoms with Gasteiger partial charge < -0.3 is 15.0 Å². The van der Waals surface area contributed by atoms with Crippen molar-refractivity contribution < 1.29 is 9.90 Å². The number of imidazole rings is 1. The molecule has 0 aliphatic heterocycles. The lowest BCUT2D eigenvalue weighted by atomic mass is 10.1. The molecule has 0 radical (unpaired) electrons. The fraction of sp³-hybridized carbons (Fsp3) is 0.238. The van der Waals surface area contributed by atoms with Crippen molar-refractivity contribution in [2.45, 2.75) is 32.2 Å². The van der Waals surface area contributed by atoms with Crippen molar-refractivity contribution in [3.8, 4) is 0 Å². The average molecular weight is 382 g/mol. The van der Waals surface area contributed by atoms with E-state index in [1.807, 2.05) is 42.0 Å². The maximum atomic E-state index is 12.2. The number of rotatable bonds is 7. The van der Waals surface area contributed by atoms with Crippen LogP contribution in [0.1, 0.15) is 22.4 Å². The Kier molecular flexibility index (Phi) is 6.32. The zero-order valence-corrected chi connectivity index (χ0v) is 16.3. The van der Waals surface area contributed by atoms with Gasteiger partial charge in [-0.05, 0) is 31.5 Å². The largest absolute Gasteiger partial charge is 0.390 e. The number of aromatic nitrogens is 2. The van der Waals surface area contributed by atoms with Gasteiger partial charge in [0.25, 0.3) is 0 Å². The van der Waals surface area contributed by atoms with Crippen LogP contribution in [0.2, 0.25) is 0 Å². The highest BCUT2D eigenvalue weighted by atomic mass is 32.2. The van der Waals surface area contributed by atoms with Gasteiger partial charge in [0.15, 0.2) is 5.16 Å². The third kappa shape index (κ3) is 5.45. The zero-order valence-electron chi connectivity index (χ0n) is 15.5. The summed E-state index contributed by atoms with van der Waals surface area (Å²) in [5, 5.41) is 13.0. The number of hydrogen-bond donors (Lipinski definition) is 2. The number of aliphatic hydroxyl groups excluding tert-OH is 1. The second-order valence-corrected chi connectivity index (χ2v) is 7.43. The van der Waals surface area contributed by atoms with Gasteiger partial charge in [-0.15, -0.1) is 0 Å². The molecule has 1 heterocycles. The number of hydrogen-bond acceptors (Lipinski definition) is 4. The number of nitrogens with one attached hydrogen (secondary N) is 1. The van der Waals surface area contributed by atoms with Gasteiger partial charge in [-0.3, -0.25) is 4.79 Å². The molecule has 0 aliphatic carbocycles. The third-order valence-corrected chi connectivity index (χ3v) is 5.08. The number of aliphatic hydroxyl groups is 1. The number of carbonyl (C=O) groups excluding carboxylic acids is 1. The van der Waals surface area contributed by atoms with E-state index in [0.717, 1.165) is 22.0 Å². The van der Waals surface area contributed by atoms with Crippen LogP contribution in [0.5, 0.6) is 0 Å². The van der Waals surface area contributed by atoms with E-state index in [4.69, 9.17) is 0 Å². The highest BCUT2D eigenvalue weighted by molar-refractivity contribution is 7.99. The first-order valence-electron chi connectivity index (χ1n) is 8.75. The molecule has 0 unspecified atom stereocenters. The van der Waals surface area contributed by atoms with Crippen LogP contribution >= 0.6 is 11.8 Å². The highest BCUT2D eigenvalue weighted by Gasteiger charge is 2.11. The first-order chi connectivity index (χ1) is 13.0. The summed E-state index contributed by atoms with van der Waals surface area (Å²) in [7, 11) is 0. The first kappa shape index (κ1) is 19.2. The van der Waals surface area contributed by atoms with Gasteiger partial charge in [0.2, 0.25) is 5.91 Å². The molecule has 6 heteroatoms. The predicted octanol–water partition coefficient (Wildman–Crippen LogP) is 3.77. The Hall–Kier alpha value is -2.57. The lowest BCUT2D eigenvalue weighted by Crippen LogP contribution is -2.14. The SMILES string of the molecule is Cc1ccc(Cn2cc(CO)nc2SCC(=O)Nc2ccc(C)cc2)cc1. The molecule has 0 atom stereocenters. The van der Waals surface area contributed by atoms with Crippen LogP contribution in [0.15, 0.2) is 59.9 Å². The molecule has 5 nitrogen and oxygen atoms in total. The van der Waals surface area contributed by atoms with E-state index in [0.29, 0.717) is 12.2 Å². The molecule has 140 valence electrons. The van der Waals surface area contributed by atoms with Gasteiger partial charge in [0.1, 0.15) is 0 Å². The summed E-state index contributed by atoms with van der Waals surface area (Å²) in [6.07, 6.45) is 1.83.